The highest BCUT2D eigenvalue weighted by atomic mass is 19.4. The molecule has 2 fully saturated rings. The lowest BCUT2D eigenvalue weighted by Crippen LogP contribution is -2.57. The average Bonchev–Trinajstić information content (AvgIpc) is 3.01. The number of hydrogen-bond acceptors (Lipinski definition) is 4. The molecule has 1 aliphatic heterocycles. The molecule has 1 saturated carbocycles. The summed E-state index contributed by atoms with van der Waals surface area (Å²) in [7, 11) is 0. The fourth-order valence-electron chi connectivity index (χ4n) is 3.59. The van der Waals surface area contributed by atoms with Crippen molar-refractivity contribution >= 4 is 5.91 Å². The number of oxazole rings is 1. The summed E-state index contributed by atoms with van der Waals surface area (Å²) in [5, 5.41) is 0. The Morgan fingerprint density at radius 2 is 2.07 bits per heavy atom. The van der Waals surface area contributed by atoms with E-state index in [-0.39, 0.29) is 28.7 Å². The first kappa shape index (κ1) is 18.0. The molecule has 27 heavy (non-hydrogen) atoms. The number of halogens is 3. The van der Waals surface area contributed by atoms with Crippen molar-refractivity contribution in [1.29, 1.82) is 0 Å². The number of aryl methyl sites for hydroxylation is 1. The van der Waals surface area contributed by atoms with Crippen LogP contribution in [0.15, 0.2) is 28.7 Å². The fraction of sp³-hybridized carbons (Fsp3) is 0.474. The molecule has 0 unspecified atom stereocenters. The molecule has 1 amide bonds. The average molecular weight is 380 g/mol. The van der Waals surface area contributed by atoms with Crippen molar-refractivity contribution < 1.29 is 27.1 Å². The Hall–Kier alpha value is -2.35. The zero-order chi connectivity index (χ0) is 19.2. The lowest BCUT2D eigenvalue weighted by Gasteiger charge is -2.48. The van der Waals surface area contributed by atoms with E-state index in [1.807, 2.05) is 0 Å². The number of morpholine rings is 1. The largest absolute Gasteiger partial charge is 0.441 e. The van der Waals surface area contributed by atoms with Gasteiger partial charge in [-0.1, -0.05) is 6.07 Å². The number of nitrogens with zero attached hydrogens (tertiary/aromatic N) is 2. The van der Waals surface area contributed by atoms with Crippen molar-refractivity contribution in [3.05, 3.63) is 41.3 Å². The van der Waals surface area contributed by atoms with E-state index in [4.69, 9.17) is 9.15 Å². The second-order valence-electron chi connectivity index (χ2n) is 7.11. The molecule has 1 spiro atoms. The molecular weight excluding hydrogens is 361 g/mol. The number of amides is 1. The van der Waals surface area contributed by atoms with Gasteiger partial charge in [0.15, 0.2) is 5.69 Å². The number of rotatable bonds is 2. The van der Waals surface area contributed by atoms with Gasteiger partial charge in [-0.3, -0.25) is 4.79 Å². The molecule has 144 valence electrons. The predicted octanol–water partition coefficient (Wildman–Crippen LogP) is 4.06. The molecule has 0 N–H and O–H groups in total. The minimum absolute atomic E-state index is 0.00793. The van der Waals surface area contributed by atoms with Gasteiger partial charge in [0.05, 0.1) is 24.3 Å². The van der Waals surface area contributed by atoms with Gasteiger partial charge in [0.25, 0.3) is 5.91 Å². The third-order valence-electron chi connectivity index (χ3n) is 5.24. The van der Waals surface area contributed by atoms with Gasteiger partial charge in [0, 0.05) is 12.1 Å². The summed E-state index contributed by atoms with van der Waals surface area (Å²) >= 11 is 0. The Balaban J connectivity index is 1.59. The summed E-state index contributed by atoms with van der Waals surface area (Å²) < 4.78 is 50.1. The van der Waals surface area contributed by atoms with Crippen LogP contribution in [0.1, 0.15) is 41.1 Å². The summed E-state index contributed by atoms with van der Waals surface area (Å²) in [6.07, 6.45) is -1.50. The number of carbonyl (C=O) groups excluding carboxylic acids is 1. The van der Waals surface area contributed by atoms with Crippen LogP contribution in [0, 0.1) is 6.92 Å². The monoisotopic (exact) mass is 380 g/mol. The molecular formula is C19H19F3N2O3. The van der Waals surface area contributed by atoms with Gasteiger partial charge in [-0.2, -0.15) is 13.2 Å². The fourth-order valence-corrected chi connectivity index (χ4v) is 3.59. The van der Waals surface area contributed by atoms with Crippen LogP contribution in [0.5, 0.6) is 0 Å². The number of aromatic nitrogens is 1. The first-order valence-electron chi connectivity index (χ1n) is 8.86. The topological polar surface area (TPSA) is 55.6 Å². The van der Waals surface area contributed by atoms with E-state index in [1.54, 1.807) is 11.8 Å². The predicted molar refractivity (Wildman–Crippen MR) is 90.1 cm³/mol. The van der Waals surface area contributed by atoms with Crippen molar-refractivity contribution in [3.63, 3.8) is 0 Å². The van der Waals surface area contributed by atoms with Crippen LogP contribution in [0.4, 0.5) is 13.2 Å². The summed E-state index contributed by atoms with van der Waals surface area (Å²) in [5.41, 5.74) is -0.706. The molecule has 1 aromatic heterocycles. The molecule has 2 aliphatic rings. The second-order valence-corrected chi connectivity index (χ2v) is 7.11. The molecule has 4 rings (SSSR count). The molecule has 0 bridgehead atoms. The van der Waals surface area contributed by atoms with Crippen LogP contribution in [-0.4, -0.2) is 41.1 Å². The molecule has 0 radical (unpaired) electrons. The van der Waals surface area contributed by atoms with E-state index in [2.05, 4.69) is 4.98 Å². The molecule has 5 nitrogen and oxygen atoms in total. The second kappa shape index (κ2) is 6.37. The van der Waals surface area contributed by atoms with E-state index in [1.165, 1.54) is 12.1 Å². The van der Waals surface area contributed by atoms with Crippen LogP contribution in [0.3, 0.4) is 0 Å². The zero-order valence-electron chi connectivity index (χ0n) is 14.8. The first-order chi connectivity index (χ1) is 12.8. The van der Waals surface area contributed by atoms with Crippen molar-refractivity contribution in [1.82, 2.24) is 9.88 Å². The minimum Gasteiger partial charge on any atom is -0.441 e. The normalized spacial score (nSPS) is 19.2. The van der Waals surface area contributed by atoms with Gasteiger partial charge < -0.3 is 14.1 Å². The molecule has 0 atom stereocenters. The Bertz CT molecular complexity index is 871. The van der Waals surface area contributed by atoms with E-state index in [0.717, 1.165) is 31.4 Å². The molecule has 1 aliphatic carbocycles. The van der Waals surface area contributed by atoms with E-state index >= 15 is 0 Å². The quantitative estimate of drug-likeness (QED) is 0.788. The summed E-state index contributed by atoms with van der Waals surface area (Å²) in [6.45, 7) is 3.04. The van der Waals surface area contributed by atoms with Crippen LogP contribution >= 0.6 is 0 Å². The smallest absolute Gasteiger partial charge is 0.416 e. The van der Waals surface area contributed by atoms with E-state index in [9.17, 15) is 18.0 Å². The Morgan fingerprint density at radius 3 is 2.74 bits per heavy atom. The van der Waals surface area contributed by atoms with Gasteiger partial charge in [0.1, 0.15) is 5.76 Å². The lowest BCUT2D eigenvalue weighted by atomic mass is 9.79. The third kappa shape index (κ3) is 3.34. The molecule has 2 aromatic rings. The van der Waals surface area contributed by atoms with Gasteiger partial charge in [-0.15, -0.1) is 0 Å². The van der Waals surface area contributed by atoms with Crippen LogP contribution < -0.4 is 0 Å². The van der Waals surface area contributed by atoms with E-state index < -0.39 is 11.7 Å². The van der Waals surface area contributed by atoms with Gasteiger partial charge in [-0.05, 0) is 44.4 Å². The highest BCUT2D eigenvalue weighted by molar-refractivity contribution is 5.93. The minimum atomic E-state index is -4.46. The number of ether oxygens (including phenoxy) is 1. The molecule has 2 heterocycles. The molecule has 1 aromatic carbocycles. The Morgan fingerprint density at radius 1 is 1.30 bits per heavy atom. The zero-order valence-corrected chi connectivity index (χ0v) is 14.8. The Labute approximate surface area is 154 Å². The summed E-state index contributed by atoms with van der Waals surface area (Å²) in [6, 6.07) is 4.73. The summed E-state index contributed by atoms with van der Waals surface area (Å²) in [5.74, 6) is 0.0270. The van der Waals surface area contributed by atoms with Gasteiger partial charge in [0.2, 0.25) is 5.89 Å². The van der Waals surface area contributed by atoms with Crippen molar-refractivity contribution in [3.8, 4) is 11.5 Å². The highest BCUT2D eigenvalue weighted by Gasteiger charge is 2.44. The molecule has 8 heteroatoms. The highest BCUT2D eigenvalue weighted by Crippen LogP contribution is 2.38. The van der Waals surface area contributed by atoms with Crippen molar-refractivity contribution in [2.75, 3.05) is 19.7 Å². The number of hydrogen-bond donors (Lipinski definition) is 0. The number of alkyl halides is 3. The standard InChI is InChI=1S/C19H19F3N2O3/c1-12-15(17(25)24-8-9-26-18(11-24)6-3-7-18)23-16(27-12)13-4-2-5-14(10-13)19(20,21)22/h2,4-5,10H,3,6-9,11H2,1H3. The lowest BCUT2D eigenvalue weighted by molar-refractivity contribution is -0.142. The molecule has 1 saturated heterocycles. The number of carbonyl (C=O) groups is 1. The van der Waals surface area contributed by atoms with Crippen LogP contribution in [-0.2, 0) is 10.9 Å². The van der Waals surface area contributed by atoms with Gasteiger partial charge >= 0.3 is 6.18 Å². The van der Waals surface area contributed by atoms with Gasteiger partial charge in [-0.25, -0.2) is 4.98 Å². The van der Waals surface area contributed by atoms with E-state index in [0.29, 0.717) is 25.5 Å². The summed E-state index contributed by atoms with van der Waals surface area (Å²) in [4.78, 5) is 18.8. The SMILES string of the molecule is Cc1oc(-c2cccc(C(F)(F)F)c2)nc1C(=O)N1CCOC2(CCC2)C1. The number of benzene rings is 1. The first-order valence-corrected chi connectivity index (χ1v) is 8.86. The maximum absolute atomic E-state index is 12.9. The van der Waals surface area contributed by atoms with Crippen molar-refractivity contribution in [2.45, 2.75) is 38.0 Å². The van der Waals surface area contributed by atoms with Crippen LogP contribution in [0.25, 0.3) is 11.5 Å². The Kier molecular flexibility index (Phi) is 4.25. The maximum Gasteiger partial charge on any atom is 0.416 e. The maximum atomic E-state index is 12.9. The van der Waals surface area contributed by atoms with Crippen LogP contribution in [0.2, 0.25) is 0 Å². The van der Waals surface area contributed by atoms with Crippen molar-refractivity contribution in [2.24, 2.45) is 0 Å². The third-order valence-corrected chi connectivity index (χ3v) is 5.24.